The molecule has 0 saturated carbocycles. The van der Waals surface area contributed by atoms with Gasteiger partial charge in [-0.3, -0.25) is 4.79 Å². The average Bonchev–Trinajstić information content (AvgIpc) is 2.95. The number of fused-ring (bicyclic) bond motifs is 1. The quantitative estimate of drug-likeness (QED) is 0.860. The Morgan fingerprint density at radius 2 is 2.29 bits per heavy atom. The molecule has 1 aromatic carbocycles. The normalized spacial score (nSPS) is 13.9. The number of thiophene rings is 1. The van der Waals surface area contributed by atoms with Gasteiger partial charge in [-0.15, -0.1) is 11.3 Å². The summed E-state index contributed by atoms with van der Waals surface area (Å²) < 4.78 is 0.901. The number of nitrogens with zero attached hydrogens (tertiary/aromatic N) is 1. The highest BCUT2D eigenvalue weighted by atomic mass is 79.9. The minimum absolute atomic E-state index is 0.110. The van der Waals surface area contributed by atoms with Crippen LogP contribution in [0.3, 0.4) is 0 Å². The number of hydrogen-bond acceptors (Lipinski definition) is 3. The summed E-state index contributed by atoms with van der Waals surface area (Å²) in [5.74, 6) is 0.110. The van der Waals surface area contributed by atoms with Crippen LogP contribution in [0.25, 0.3) is 0 Å². The van der Waals surface area contributed by atoms with Crippen LogP contribution in [0.1, 0.15) is 10.4 Å². The Hall–Kier alpha value is -1.04. The molecule has 0 fully saturated rings. The number of halogens is 2. The van der Waals surface area contributed by atoms with E-state index in [1.807, 2.05) is 17.0 Å². The lowest BCUT2D eigenvalue weighted by Crippen LogP contribution is -2.38. The lowest BCUT2D eigenvalue weighted by molar-refractivity contribution is -0.130. The molecule has 0 spiro atoms. The number of anilines is 1. The lowest BCUT2D eigenvalue weighted by Gasteiger charge is -2.27. The minimum Gasteiger partial charge on any atom is -0.375 e. The summed E-state index contributed by atoms with van der Waals surface area (Å²) >= 11 is 11.2. The molecule has 1 aliphatic rings. The van der Waals surface area contributed by atoms with Crippen molar-refractivity contribution < 1.29 is 4.79 Å². The Kier molecular flexibility index (Phi) is 4.52. The van der Waals surface area contributed by atoms with Crippen LogP contribution in [0, 0.1) is 0 Å². The minimum atomic E-state index is 0.110. The van der Waals surface area contributed by atoms with Gasteiger partial charge in [0.15, 0.2) is 0 Å². The van der Waals surface area contributed by atoms with Gasteiger partial charge in [0.2, 0.25) is 5.91 Å². The molecule has 3 nitrogen and oxygen atoms in total. The number of nitrogens with one attached hydrogen (secondary N) is 1. The first-order chi connectivity index (χ1) is 10.1. The maximum Gasteiger partial charge on any atom is 0.242 e. The molecule has 1 amide bonds. The van der Waals surface area contributed by atoms with Gasteiger partial charge in [-0.1, -0.05) is 11.6 Å². The molecule has 0 saturated heterocycles. The third-order valence-corrected chi connectivity index (χ3v) is 5.47. The van der Waals surface area contributed by atoms with Gasteiger partial charge < -0.3 is 10.2 Å². The molecule has 1 aromatic heterocycles. The second kappa shape index (κ2) is 6.38. The summed E-state index contributed by atoms with van der Waals surface area (Å²) in [7, 11) is 0. The third kappa shape index (κ3) is 3.42. The molecular formula is C15H14BrClN2OS. The zero-order valence-electron chi connectivity index (χ0n) is 11.2. The Balaban J connectivity index is 1.61. The summed E-state index contributed by atoms with van der Waals surface area (Å²) in [4.78, 5) is 15.6. The molecule has 2 heterocycles. The summed E-state index contributed by atoms with van der Waals surface area (Å²) in [6, 6.07) is 7.60. The van der Waals surface area contributed by atoms with Crippen molar-refractivity contribution in [2.45, 2.75) is 13.0 Å². The zero-order valence-corrected chi connectivity index (χ0v) is 14.4. The number of benzene rings is 1. The molecule has 3 rings (SSSR count). The van der Waals surface area contributed by atoms with Crippen LogP contribution in [0.2, 0.25) is 5.02 Å². The van der Waals surface area contributed by atoms with Gasteiger partial charge in [-0.25, -0.2) is 0 Å². The molecule has 0 aliphatic carbocycles. The fourth-order valence-electron chi connectivity index (χ4n) is 2.38. The van der Waals surface area contributed by atoms with Crippen molar-refractivity contribution in [2.24, 2.45) is 0 Å². The summed E-state index contributed by atoms with van der Waals surface area (Å²) in [6.07, 6.45) is 0.958. The number of amides is 1. The van der Waals surface area contributed by atoms with Crippen molar-refractivity contribution in [1.82, 2.24) is 4.90 Å². The Morgan fingerprint density at radius 3 is 3.14 bits per heavy atom. The van der Waals surface area contributed by atoms with Crippen molar-refractivity contribution in [3.63, 3.8) is 0 Å². The van der Waals surface area contributed by atoms with Crippen molar-refractivity contribution in [3.05, 3.63) is 49.6 Å². The Bertz CT molecular complexity index is 673. The van der Waals surface area contributed by atoms with E-state index in [0.29, 0.717) is 5.02 Å². The molecule has 21 heavy (non-hydrogen) atoms. The fraction of sp³-hybridized carbons (Fsp3) is 0.267. The van der Waals surface area contributed by atoms with Crippen LogP contribution in [0.5, 0.6) is 0 Å². The predicted molar refractivity (Wildman–Crippen MR) is 91.1 cm³/mol. The van der Waals surface area contributed by atoms with Gasteiger partial charge in [0.05, 0.1) is 12.2 Å². The third-order valence-electron chi connectivity index (χ3n) is 3.52. The van der Waals surface area contributed by atoms with Crippen LogP contribution in [-0.4, -0.2) is 23.9 Å². The maximum atomic E-state index is 12.3. The van der Waals surface area contributed by atoms with Gasteiger partial charge >= 0.3 is 0 Å². The molecular weight excluding hydrogens is 372 g/mol. The van der Waals surface area contributed by atoms with E-state index in [0.717, 1.165) is 29.7 Å². The van der Waals surface area contributed by atoms with E-state index in [1.54, 1.807) is 17.4 Å². The molecule has 2 aromatic rings. The molecule has 0 atom stereocenters. The first-order valence-corrected chi connectivity index (χ1v) is 8.70. The highest BCUT2D eigenvalue weighted by molar-refractivity contribution is 9.10. The van der Waals surface area contributed by atoms with Gasteiger partial charge in [-0.2, -0.15) is 0 Å². The molecule has 6 heteroatoms. The monoisotopic (exact) mass is 384 g/mol. The molecule has 0 radical (unpaired) electrons. The van der Waals surface area contributed by atoms with Gasteiger partial charge in [-0.05, 0) is 57.6 Å². The summed E-state index contributed by atoms with van der Waals surface area (Å²) in [5, 5.41) is 5.89. The van der Waals surface area contributed by atoms with E-state index >= 15 is 0 Å². The smallest absolute Gasteiger partial charge is 0.242 e. The number of carbonyl (C=O) groups is 1. The molecule has 110 valence electrons. The average molecular weight is 386 g/mol. The van der Waals surface area contributed by atoms with E-state index in [-0.39, 0.29) is 12.5 Å². The van der Waals surface area contributed by atoms with Crippen molar-refractivity contribution in [3.8, 4) is 0 Å². The lowest BCUT2D eigenvalue weighted by atomic mass is 10.1. The number of rotatable bonds is 3. The molecule has 0 unspecified atom stereocenters. The highest BCUT2D eigenvalue weighted by Crippen LogP contribution is 2.26. The second-order valence-electron chi connectivity index (χ2n) is 4.91. The summed E-state index contributed by atoms with van der Waals surface area (Å²) in [6.45, 7) is 1.79. The van der Waals surface area contributed by atoms with Crippen LogP contribution in [-0.2, 0) is 17.8 Å². The van der Waals surface area contributed by atoms with E-state index in [1.165, 1.54) is 10.4 Å². The predicted octanol–water partition coefficient (Wildman–Crippen LogP) is 4.16. The Labute approximate surface area is 141 Å². The largest absolute Gasteiger partial charge is 0.375 e. The topological polar surface area (TPSA) is 32.3 Å². The number of hydrogen-bond donors (Lipinski definition) is 1. The zero-order chi connectivity index (χ0) is 14.8. The van der Waals surface area contributed by atoms with E-state index in [4.69, 9.17) is 11.6 Å². The molecule has 1 N–H and O–H groups in total. The van der Waals surface area contributed by atoms with E-state index < -0.39 is 0 Å². The second-order valence-corrected chi connectivity index (χ2v) is 7.20. The van der Waals surface area contributed by atoms with Crippen molar-refractivity contribution in [2.75, 3.05) is 18.4 Å². The molecule has 0 bridgehead atoms. The highest BCUT2D eigenvalue weighted by Gasteiger charge is 2.21. The number of carbonyl (C=O) groups excluding carboxylic acids is 1. The van der Waals surface area contributed by atoms with Crippen LogP contribution in [0.4, 0.5) is 5.69 Å². The van der Waals surface area contributed by atoms with Crippen molar-refractivity contribution >= 4 is 50.5 Å². The van der Waals surface area contributed by atoms with Crippen molar-refractivity contribution in [1.29, 1.82) is 0 Å². The molecule has 1 aliphatic heterocycles. The maximum absolute atomic E-state index is 12.3. The van der Waals surface area contributed by atoms with Crippen LogP contribution >= 0.6 is 38.9 Å². The van der Waals surface area contributed by atoms with Gasteiger partial charge in [0.25, 0.3) is 0 Å². The van der Waals surface area contributed by atoms with Gasteiger partial charge in [0, 0.05) is 27.5 Å². The van der Waals surface area contributed by atoms with E-state index in [2.05, 4.69) is 32.7 Å². The Morgan fingerprint density at radius 1 is 1.43 bits per heavy atom. The first-order valence-electron chi connectivity index (χ1n) is 6.65. The standard InChI is InChI=1S/C15H14BrClN2OS/c16-12-2-1-11(17)7-13(12)18-8-15(20)19-5-3-14-10(9-19)4-6-21-14/h1-2,4,6-7,18H,3,5,8-9H2. The van der Waals surface area contributed by atoms with Crippen LogP contribution in [0.15, 0.2) is 34.1 Å². The fourth-order valence-corrected chi connectivity index (χ4v) is 3.83. The van der Waals surface area contributed by atoms with Crippen LogP contribution < -0.4 is 5.32 Å². The van der Waals surface area contributed by atoms with Gasteiger partial charge in [0.1, 0.15) is 0 Å². The first kappa shape index (κ1) is 14.9. The SMILES string of the molecule is O=C(CNc1cc(Cl)ccc1Br)N1CCc2sccc2C1. The van der Waals surface area contributed by atoms with E-state index in [9.17, 15) is 4.79 Å². The summed E-state index contributed by atoms with van der Waals surface area (Å²) in [5.41, 5.74) is 2.12.